The van der Waals surface area contributed by atoms with Gasteiger partial charge in [0.1, 0.15) is 5.75 Å². The lowest BCUT2D eigenvalue weighted by Crippen LogP contribution is -2.30. The summed E-state index contributed by atoms with van der Waals surface area (Å²) in [6.07, 6.45) is 1.39. The number of nitrogens with two attached hydrogens (primary N) is 1. The summed E-state index contributed by atoms with van der Waals surface area (Å²) in [7, 11) is -0.982. The second kappa shape index (κ2) is 7.45. The highest BCUT2D eigenvalue weighted by Crippen LogP contribution is 2.26. The number of hydrogen-bond acceptors (Lipinski definition) is 5. The van der Waals surface area contributed by atoms with Gasteiger partial charge in [0, 0.05) is 25.5 Å². The van der Waals surface area contributed by atoms with Crippen LogP contribution in [-0.2, 0) is 9.45 Å². The SMILES string of the molecule is CC(=O)NCCCCOc1cccc2c1B(O)OC2CN. The average molecular weight is 292 g/mol. The average Bonchev–Trinajstić information content (AvgIpc) is 2.80. The topological polar surface area (TPSA) is 93.8 Å². The number of carbonyl (C=O) groups excluding carboxylic acids is 1. The lowest BCUT2D eigenvalue weighted by atomic mass is 9.78. The van der Waals surface area contributed by atoms with Crippen LogP contribution in [0, 0.1) is 0 Å². The molecule has 1 aliphatic rings. The number of carbonyl (C=O) groups is 1. The van der Waals surface area contributed by atoms with E-state index in [2.05, 4.69) is 5.32 Å². The molecule has 0 saturated heterocycles. The summed E-state index contributed by atoms with van der Waals surface area (Å²) < 4.78 is 11.1. The van der Waals surface area contributed by atoms with E-state index in [9.17, 15) is 9.82 Å². The molecule has 0 spiro atoms. The zero-order chi connectivity index (χ0) is 15.2. The van der Waals surface area contributed by atoms with E-state index in [-0.39, 0.29) is 12.0 Å². The molecule has 7 heteroatoms. The van der Waals surface area contributed by atoms with E-state index in [1.165, 1.54) is 6.92 Å². The minimum absolute atomic E-state index is 0.0232. The van der Waals surface area contributed by atoms with Gasteiger partial charge in [0.25, 0.3) is 0 Å². The molecule has 21 heavy (non-hydrogen) atoms. The Morgan fingerprint density at radius 1 is 1.52 bits per heavy atom. The Labute approximate surface area is 124 Å². The second-order valence-electron chi connectivity index (χ2n) is 5.01. The van der Waals surface area contributed by atoms with Gasteiger partial charge < -0.3 is 25.5 Å². The third-order valence-corrected chi connectivity index (χ3v) is 3.40. The Hall–Kier alpha value is -1.57. The van der Waals surface area contributed by atoms with Crippen molar-refractivity contribution in [1.82, 2.24) is 5.32 Å². The first kappa shape index (κ1) is 15.8. The van der Waals surface area contributed by atoms with Crippen LogP contribution in [0.4, 0.5) is 0 Å². The molecule has 1 amide bonds. The molecule has 0 aromatic heterocycles. The first-order valence-electron chi connectivity index (χ1n) is 7.17. The maximum absolute atomic E-state index is 10.7. The minimum atomic E-state index is -0.982. The van der Waals surface area contributed by atoms with Crippen molar-refractivity contribution in [2.24, 2.45) is 5.73 Å². The van der Waals surface area contributed by atoms with Gasteiger partial charge in [-0.25, -0.2) is 0 Å². The predicted octanol–water partition coefficient (Wildman–Crippen LogP) is -0.301. The highest BCUT2D eigenvalue weighted by Gasteiger charge is 2.37. The quantitative estimate of drug-likeness (QED) is 0.474. The Kier molecular flexibility index (Phi) is 5.61. The maximum Gasteiger partial charge on any atom is 0.495 e. The molecule has 1 aromatic carbocycles. The summed E-state index contributed by atoms with van der Waals surface area (Å²) >= 11 is 0. The highest BCUT2D eigenvalue weighted by atomic mass is 16.5. The van der Waals surface area contributed by atoms with Gasteiger partial charge in [-0.3, -0.25) is 4.79 Å². The van der Waals surface area contributed by atoms with Gasteiger partial charge in [0.15, 0.2) is 0 Å². The summed E-state index contributed by atoms with van der Waals surface area (Å²) in [6, 6.07) is 5.58. The molecule has 0 radical (unpaired) electrons. The molecule has 114 valence electrons. The second-order valence-corrected chi connectivity index (χ2v) is 5.01. The number of benzene rings is 1. The van der Waals surface area contributed by atoms with Gasteiger partial charge in [-0.05, 0) is 24.5 Å². The third kappa shape index (κ3) is 3.97. The fourth-order valence-electron chi connectivity index (χ4n) is 2.38. The maximum atomic E-state index is 10.7. The van der Waals surface area contributed by atoms with Crippen LogP contribution in [0.3, 0.4) is 0 Å². The number of fused-ring (bicyclic) bond motifs is 1. The van der Waals surface area contributed by atoms with E-state index in [0.29, 0.717) is 30.9 Å². The Morgan fingerprint density at radius 2 is 2.33 bits per heavy atom. The number of unbranched alkanes of at least 4 members (excludes halogenated alkanes) is 1. The van der Waals surface area contributed by atoms with Gasteiger partial charge >= 0.3 is 7.12 Å². The van der Waals surface area contributed by atoms with E-state index in [1.54, 1.807) is 0 Å². The van der Waals surface area contributed by atoms with Crippen LogP contribution in [0.15, 0.2) is 18.2 Å². The molecule has 0 fully saturated rings. The first-order valence-corrected chi connectivity index (χ1v) is 7.17. The summed E-state index contributed by atoms with van der Waals surface area (Å²) in [4.78, 5) is 10.7. The van der Waals surface area contributed by atoms with E-state index in [1.807, 2.05) is 18.2 Å². The van der Waals surface area contributed by atoms with Crippen LogP contribution in [0.25, 0.3) is 0 Å². The smallest absolute Gasteiger partial charge is 0.494 e. The molecule has 2 rings (SSSR count). The molecule has 1 atom stereocenters. The molecule has 0 aliphatic carbocycles. The van der Waals surface area contributed by atoms with Crippen molar-refractivity contribution in [3.05, 3.63) is 23.8 Å². The van der Waals surface area contributed by atoms with Gasteiger partial charge in [0.2, 0.25) is 5.91 Å². The van der Waals surface area contributed by atoms with Crippen molar-refractivity contribution in [3.63, 3.8) is 0 Å². The molecule has 0 bridgehead atoms. The summed E-state index contributed by atoms with van der Waals surface area (Å²) in [6.45, 7) is 2.99. The van der Waals surface area contributed by atoms with E-state index >= 15 is 0 Å². The molecule has 4 N–H and O–H groups in total. The molecule has 1 aliphatic heterocycles. The summed E-state index contributed by atoms with van der Waals surface area (Å²) in [5.74, 6) is 0.611. The number of ether oxygens (including phenoxy) is 1. The van der Waals surface area contributed by atoms with Crippen LogP contribution in [0.5, 0.6) is 5.75 Å². The number of amides is 1. The molecule has 1 aromatic rings. The molecule has 6 nitrogen and oxygen atoms in total. The normalized spacial score (nSPS) is 16.7. The molecular weight excluding hydrogens is 271 g/mol. The molecule has 1 heterocycles. The highest BCUT2D eigenvalue weighted by molar-refractivity contribution is 6.62. The van der Waals surface area contributed by atoms with Crippen molar-refractivity contribution >= 4 is 18.5 Å². The zero-order valence-corrected chi connectivity index (χ0v) is 12.2. The van der Waals surface area contributed by atoms with E-state index in [0.717, 1.165) is 18.4 Å². The largest absolute Gasteiger partial charge is 0.495 e. The lowest BCUT2D eigenvalue weighted by Gasteiger charge is -2.11. The molecule has 1 unspecified atom stereocenters. The fourth-order valence-corrected chi connectivity index (χ4v) is 2.38. The summed E-state index contributed by atoms with van der Waals surface area (Å²) in [5, 5.41) is 12.7. The Balaban J connectivity index is 1.87. The molecule has 0 saturated carbocycles. The lowest BCUT2D eigenvalue weighted by molar-refractivity contribution is -0.118. The van der Waals surface area contributed by atoms with Crippen LogP contribution in [0.1, 0.15) is 31.4 Å². The van der Waals surface area contributed by atoms with Crippen molar-refractivity contribution in [1.29, 1.82) is 0 Å². The standard InChI is InChI=1S/C14H21BN2O4/c1-10(18)17-7-2-3-8-20-12-6-4-5-11-13(9-16)21-15(19)14(11)12/h4-6,13,19H,2-3,7-9,16H2,1H3,(H,17,18). The monoisotopic (exact) mass is 292 g/mol. The first-order chi connectivity index (χ1) is 10.1. The van der Waals surface area contributed by atoms with Gasteiger partial charge in [-0.15, -0.1) is 0 Å². The fraction of sp³-hybridized carbons (Fsp3) is 0.500. The summed E-state index contributed by atoms with van der Waals surface area (Å²) in [5.41, 5.74) is 7.19. The van der Waals surface area contributed by atoms with E-state index in [4.69, 9.17) is 15.1 Å². The Bertz CT molecular complexity index is 498. The van der Waals surface area contributed by atoms with Crippen LogP contribution in [-0.4, -0.2) is 37.7 Å². The van der Waals surface area contributed by atoms with Crippen molar-refractivity contribution in [2.45, 2.75) is 25.9 Å². The molecular formula is C14H21BN2O4. The Morgan fingerprint density at radius 3 is 3.05 bits per heavy atom. The number of hydrogen-bond donors (Lipinski definition) is 3. The predicted molar refractivity (Wildman–Crippen MR) is 80.3 cm³/mol. The zero-order valence-electron chi connectivity index (χ0n) is 12.2. The van der Waals surface area contributed by atoms with Crippen LogP contribution in [0.2, 0.25) is 0 Å². The van der Waals surface area contributed by atoms with Gasteiger partial charge in [-0.2, -0.15) is 0 Å². The van der Waals surface area contributed by atoms with E-state index < -0.39 is 7.12 Å². The van der Waals surface area contributed by atoms with Gasteiger partial charge in [0.05, 0.1) is 12.7 Å². The van der Waals surface area contributed by atoms with Crippen LogP contribution >= 0.6 is 0 Å². The number of nitrogens with one attached hydrogen (secondary N) is 1. The van der Waals surface area contributed by atoms with Crippen molar-refractivity contribution in [2.75, 3.05) is 19.7 Å². The van der Waals surface area contributed by atoms with Crippen molar-refractivity contribution in [3.8, 4) is 5.75 Å². The third-order valence-electron chi connectivity index (χ3n) is 3.40. The van der Waals surface area contributed by atoms with Gasteiger partial charge in [-0.1, -0.05) is 12.1 Å². The van der Waals surface area contributed by atoms with Crippen molar-refractivity contribution < 1.29 is 19.2 Å². The minimum Gasteiger partial charge on any atom is -0.494 e. The number of rotatable bonds is 7. The van der Waals surface area contributed by atoms with Crippen LogP contribution < -0.4 is 21.3 Å².